The first-order valence-corrected chi connectivity index (χ1v) is 10.7. The molecule has 0 aliphatic carbocycles. The number of aromatic carboxylic acids is 1. The lowest BCUT2D eigenvalue weighted by atomic mass is 10.1. The van der Waals surface area contributed by atoms with Gasteiger partial charge in [-0.2, -0.15) is 0 Å². The highest BCUT2D eigenvalue weighted by Crippen LogP contribution is 2.28. The van der Waals surface area contributed by atoms with E-state index in [2.05, 4.69) is 15.2 Å². The molecule has 4 rings (SSSR count). The second-order valence-electron chi connectivity index (χ2n) is 7.65. The molecular formula is C24H23ClN4O3. The first-order chi connectivity index (χ1) is 15.4. The van der Waals surface area contributed by atoms with Crippen LogP contribution >= 0.6 is 11.6 Å². The van der Waals surface area contributed by atoms with E-state index in [0.717, 1.165) is 11.3 Å². The van der Waals surface area contributed by atoms with Crippen molar-refractivity contribution in [1.82, 2.24) is 4.98 Å². The summed E-state index contributed by atoms with van der Waals surface area (Å²) in [4.78, 5) is 32.9. The highest BCUT2D eigenvalue weighted by atomic mass is 35.5. The Morgan fingerprint density at radius 2 is 1.66 bits per heavy atom. The minimum absolute atomic E-state index is 0.0536. The van der Waals surface area contributed by atoms with Crippen LogP contribution in [-0.2, 0) is 0 Å². The number of amides is 1. The summed E-state index contributed by atoms with van der Waals surface area (Å²) < 4.78 is 0. The average molecular weight is 451 g/mol. The van der Waals surface area contributed by atoms with E-state index in [9.17, 15) is 14.7 Å². The minimum atomic E-state index is -1.09. The molecule has 8 heteroatoms. The molecule has 32 heavy (non-hydrogen) atoms. The smallest absolute Gasteiger partial charge is 0.339 e. The summed E-state index contributed by atoms with van der Waals surface area (Å²) in [6.07, 6.45) is 1.49. The van der Waals surface area contributed by atoms with Gasteiger partial charge < -0.3 is 20.2 Å². The van der Waals surface area contributed by atoms with Gasteiger partial charge in [-0.3, -0.25) is 4.79 Å². The normalized spacial score (nSPS) is 13.7. The van der Waals surface area contributed by atoms with Crippen molar-refractivity contribution in [1.29, 1.82) is 0 Å². The molecule has 1 aliphatic rings. The lowest BCUT2D eigenvalue weighted by Crippen LogP contribution is -2.47. The number of nitrogens with zero attached hydrogens (tertiary/aromatic N) is 3. The molecule has 0 bridgehead atoms. The van der Waals surface area contributed by atoms with Gasteiger partial charge in [-0.15, -0.1) is 0 Å². The number of piperazine rings is 1. The molecule has 0 spiro atoms. The summed E-state index contributed by atoms with van der Waals surface area (Å²) >= 11 is 6.31. The molecule has 2 aromatic carbocycles. The van der Waals surface area contributed by atoms with Crippen molar-refractivity contribution in [2.24, 2.45) is 0 Å². The van der Waals surface area contributed by atoms with E-state index in [1.54, 1.807) is 12.1 Å². The fourth-order valence-electron chi connectivity index (χ4n) is 3.71. The Balaban J connectivity index is 1.49. The van der Waals surface area contributed by atoms with Crippen LogP contribution in [0.1, 0.15) is 26.3 Å². The highest BCUT2D eigenvalue weighted by Gasteiger charge is 2.24. The second-order valence-corrected chi connectivity index (χ2v) is 8.05. The van der Waals surface area contributed by atoms with Gasteiger partial charge in [0.25, 0.3) is 5.91 Å². The maximum atomic E-state index is 12.5. The Hall–Kier alpha value is -3.58. The highest BCUT2D eigenvalue weighted by molar-refractivity contribution is 6.33. The fraction of sp³-hybridized carbons (Fsp3) is 0.208. The fourth-order valence-corrected chi connectivity index (χ4v) is 3.97. The summed E-state index contributed by atoms with van der Waals surface area (Å²) in [5.74, 6) is -1.01. The molecular weight excluding hydrogens is 428 g/mol. The van der Waals surface area contributed by atoms with E-state index in [4.69, 9.17) is 11.6 Å². The standard InChI is InChI=1S/C24H23ClN4O3/c1-16-6-8-17(9-7-16)23(30)27-18-14-19(24(31)32)22(26-15-18)29-12-10-28(11-13-29)21-5-3-2-4-20(21)25/h2-9,14-15H,10-13H2,1H3,(H,27,30)(H,31,32). The topological polar surface area (TPSA) is 85.8 Å². The van der Waals surface area contributed by atoms with E-state index in [0.29, 0.717) is 48.3 Å². The molecule has 1 aromatic heterocycles. The van der Waals surface area contributed by atoms with Crippen LogP contribution in [0.25, 0.3) is 0 Å². The number of hydrogen-bond donors (Lipinski definition) is 2. The maximum Gasteiger partial charge on any atom is 0.339 e. The largest absolute Gasteiger partial charge is 0.478 e. The number of nitrogens with one attached hydrogen (secondary N) is 1. The zero-order valence-corrected chi connectivity index (χ0v) is 18.3. The molecule has 0 atom stereocenters. The number of pyridine rings is 1. The Morgan fingerprint density at radius 1 is 1.00 bits per heavy atom. The van der Waals surface area contributed by atoms with Crippen LogP contribution in [0.2, 0.25) is 5.02 Å². The molecule has 1 aliphatic heterocycles. The Bertz CT molecular complexity index is 1140. The predicted molar refractivity (Wildman–Crippen MR) is 126 cm³/mol. The summed E-state index contributed by atoms with van der Waals surface area (Å²) in [6, 6.07) is 16.3. The third-order valence-electron chi connectivity index (χ3n) is 5.44. The molecule has 3 aromatic rings. The first kappa shape index (κ1) is 21.6. The number of rotatable bonds is 5. The van der Waals surface area contributed by atoms with Gasteiger partial charge in [0, 0.05) is 31.7 Å². The molecule has 164 valence electrons. The predicted octanol–water partition coefficient (Wildman–Crippen LogP) is 4.32. The number of carbonyl (C=O) groups is 2. The number of anilines is 3. The van der Waals surface area contributed by atoms with Crippen LogP contribution in [0.3, 0.4) is 0 Å². The maximum absolute atomic E-state index is 12.5. The SMILES string of the molecule is Cc1ccc(C(=O)Nc2cnc(N3CCN(c4ccccc4Cl)CC3)c(C(=O)O)c2)cc1. The van der Waals surface area contributed by atoms with Crippen molar-refractivity contribution in [3.05, 3.63) is 82.5 Å². The van der Waals surface area contributed by atoms with Gasteiger partial charge in [0.1, 0.15) is 11.4 Å². The van der Waals surface area contributed by atoms with Crippen molar-refractivity contribution in [3.63, 3.8) is 0 Å². The van der Waals surface area contributed by atoms with Gasteiger partial charge in [-0.05, 0) is 37.3 Å². The van der Waals surface area contributed by atoms with Crippen LogP contribution in [0.4, 0.5) is 17.2 Å². The van der Waals surface area contributed by atoms with Crippen LogP contribution in [-0.4, -0.2) is 48.1 Å². The van der Waals surface area contributed by atoms with Crippen LogP contribution in [0.5, 0.6) is 0 Å². The summed E-state index contributed by atoms with van der Waals surface area (Å²) in [5.41, 5.74) is 2.90. The number of carboxylic acid groups (broad SMARTS) is 1. The zero-order chi connectivity index (χ0) is 22.7. The molecule has 2 heterocycles. The van der Waals surface area contributed by atoms with Crippen LogP contribution in [0.15, 0.2) is 60.8 Å². The molecule has 0 unspecified atom stereocenters. The second kappa shape index (κ2) is 9.28. The van der Waals surface area contributed by atoms with E-state index in [1.165, 1.54) is 12.3 Å². The Labute approximate surface area is 191 Å². The summed E-state index contributed by atoms with van der Waals surface area (Å²) in [5, 5.41) is 13.2. The lowest BCUT2D eigenvalue weighted by Gasteiger charge is -2.37. The number of para-hydroxylation sites is 1. The quantitative estimate of drug-likeness (QED) is 0.602. The molecule has 7 nitrogen and oxygen atoms in total. The van der Waals surface area contributed by atoms with Crippen LogP contribution < -0.4 is 15.1 Å². The van der Waals surface area contributed by atoms with Gasteiger partial charge in [0.05, 0.1) is 22.6 Å². The molecule has 1 fully saturated rings. The summed E-state index contributed by atoms with van der Waals surface area (Å²) in [7, 11) is 0. The number of hydrogen-bond acceptors (Lipinski definition) is 5. The number of aromatic nitrogens is 1. The Morgan fingerprint density at radius 3 is 2.31 bits per heavy atom. The van der Waals surface area contributed by atoms with Crippen molar-refractivity contribution in [2.45, 2.75) is 6.92 Å². The number of halogens is 1. The van der Waals surface area contributed by atoms with E-state index >= 15 is 0 Å². The van der Waals surface area contributed by atoms with Gasteiger partial charge in [0.15, 0.2) is 0 Å². The first-order valence-electron chi connectivity index (χ1n) is 10.3. The van der Waals surface area contributed by atoms with E-state index in [-0.39, 0.29) is 11.5 Å². The molecule has 1 amide bonds. The van der Waals surface area contributed by atoms with Gasteiger partial charge in [0.2, 0.25) is 0 Å². The van der Waals surface area contributed by atoms with Gasteiger partial charge in [-0.1, -0.05) is 41.4 Å². The molecule has 0 radical (unpaired) electrons. The molecule has 1 saturated heterocycles. The average Bonchev–Trinajstić information content (AvgIpc) is 2.80. The van der Waals surface area contributed by atoms with Gasteiger partial charge >= 0.3 is 5.97 Å². The van der Waals surface area contributed by atoms with Crippen molar-refractivity contribution >= 4 is 40.7 Å². The van der Waals surface area contributed by atoms with Crippen molar-refractivity contribution in [3.8, 4) is 0 Å². The van der Waals surface area contributed by atoms with Gasteiger partial charge in [-0.25, -0.2) is 9.78 Å². The number of benzene rings is 2. The minimum Gasteiger partial charge on any atom is -0.478 e. The third kappa shape index (κ3) is 4.68. The number of carbonyl (C=O) groups excluding carboxylic acids is 1. The molecule has 0 saturated carbocycles. The van der Waals surface area contributed by atoms with Crippen molar-refractivity contribution in [2.75, 3.05) is 41.3 Å². The number of carboxylic acids is 1. The Kier molecular flexibility index (Phi) is 6.28. The number of aryl methyl sites for hydroxylation is 1. The summed E-state index contributed by atoms with van der Waals surface area (Å²) in [6.45, 7) is 4.53. The zero-order valence-electron chi connectivity index (χ0n) is 17.6. The third-order valence-corrected chi connectivity index (χ3v) is 5.76. The lowest BCUT2D eigenvalue weighted by molar-refractivity contribution is 0.0696. The monoisotopic (exact) mass is 450 g/mol. The molecule has 2 N–H and O–H groups in total. The van der Waals surface area contributed by atoms with E-state index < -0.39 is 5.97 Å². The van der Waals surface area contributed by atoms with E-state index in [1.807, 2.05) is 48.2 Å². The van der Waals surface area contributed by atoms with Crippen LogP contribution in [0, 0.1) is 6.92 Å². The van der Waals surface area contributed by atoms with Crippen molar-refractivity contribution < 1.29 is 14.7 Å².